The maximum absolute atomic E-state index is 12.9. The fraction of sp³-hybridized carbons (Fsp3) is 0.667. The summed E-state index contributed by atoms with van der Waals surface area (Å²) in [6.07, 6.45) is 9.04. The van der Waals surface area contributed by atoms with Gasteiger partial charge in [0.1, 0.15) is 0 Å². The minimum absolute atomic E-state index is 0.164. The molecule has 3 rings (SSSR count). The maximum Gasteiger partial charge on any atom is 0.243 e. The minimum atomic E-state index is -3.41. The fourth-order valence-corrected chi connectivity index (χ4v) is 6.00. The van der Waals surface area contributed by atoms with Crippen LogP contribution in [0.4, 0.5) is 0 Å². The summed E-state index contributed by atoms with van der Waals surface area (Å²) in [5, 5.41) is 3.17. The van der Waals surface area contributed by atoms with Gasteiger partial charge in [0.05, 0.1) is 4.90 Å². The van der Waals surface area contributed by atoms with Crippen LogP contribution in [0.3, 0.4) is 0 Å². The van der Waals surface area contributed by atoms with Gasteiger partial charge in [-0.25, -0.2) is 8.42 Å². The summed E-state index contributed by atoms with van der Waals surface area (Å²) in [6, 6.07) is 7.53. The van der Waals surface area contributed by atoms with Crippen molar-refractivity contribution in [2.24, 2.45) is 5.92 Å². The second-order valence-corrected chi connectivity index (χ2v) is 9.96. The monoisotopic (exact) mass is 392 g/mol. The molecule has 1 amide bonds. The Morgan fingerprint density at radius 2 is 1.74 bits per heavy atom. The molecule has 0 unspecified atom stereocenters. The van der Waals surface area contributed by atoms with Crippen LogP contribution in [0.2, 0.25) is 0 Å². The van der Waals surface area contributed by atoms with Crippen molar-refractivity contribution in [2.45, 2.75) is 75.6 Å². The van der Waals surface area contributed by atoms with E-state index in [9.17, 15) is 13.2 Å². The summed E-state index contributed by atoms with van der Waals surface area (Å²) in [7, 11) is -3.41. The largest absolute Gasteiger partial charge is 0.353 e. The van der Waals surface area contributed by atoms with E-state index < -0.39 is 10.0 Å². The van der Waals surface area contributed by atoms with Crippen molar-refractivity contribution in [3.8, 4) is 0 Å². The quantitative estimate of drug-likeness (QED) is 0.804. The first kappa shape index (κ1) is 20.3. The number of nitrogens with zero attached hydrogens (tertiary/aromatic N) is 1. The van der Waals surface area contributed by atoms with Gasteiger partial charge in [0.25, 0.3) is 0 Å². The molecule has 0 radical (unpaired) electrons. The number of aryl methyl sites for hydroxylation is 1. The van der Waals surface area contributed by atoms with Crippen LogP contribution < -0.4 is 5.32 Å². The molecule has 6 heteroatoms. The molecule has 0 atom stereocenters. The first-order valence-electron chi connectivity index (χ1n) is 10.3. The standard InChI is InChI=1S/C21H32N2O3S/c1-17-7-5-6-10-20(17)27(25,26)23-15-13-18(14-16-23)11-12-21(24)22-19-8-3-2-4-9-19/h5-7,10,18-19H,2-4,8-9,11-16H2,1H3,(H,22,24). The molecule has 0 bridgehead atoms. The minimum Gasteiger partial charge on any atom is -0.353 e. The van der Waals surface area contributed by atoms with Gasteiger partial charge in [-0.2, -0.15) is 4.31 Å². The van der Waals surface area contributed by atoms with Crippen LogP contribution in [0.15, 0.2) is 29.2 Å². The SMILES string of the molecule is Cc1ccccc1S(=O)(=O)N1CCC(CCC(=O)NC2CCCCC2)CC1. The number of benzene rings is 1. The Kier molecular flexibility index (Phi) is 6.93. The molecular weight excluding hydrogens is 360 g/mol. The predicted octanol–water partition coefficient (Wildman–Crippen LogP) is 3.62. The van der Waals surface area contributed by atoms with E-state index in [1.807, 2.05) is 19.1 Å². The van der Waals surface area contributed by atoms with Gasteiger partial charge in [-0.1, -0.05) is 37.5 Å². The molecule has 1 aromatic carbocycles. The Bertz CT molecular complexity index is 734. The van der Waals surface area contributed by atoms with Gasteiger partial charge in [-0.05, 0) is 56.6 Å². The van der Waals surface area contributed by atoms with Crippen molar-refractivity contribution >= 4 is 15.9 Å². The zero-order valence-corrected chi connectivity index (χ0v) is 17.1. The van der Waals surface area contributed by atoms with Crippen molar-refractivity contribution in [3.63, 3.8) is 0 Å². The third-order valence-corrected chi connectivity index (χ3v) is 8.09. The molecule has 1 heterocycles. The highest BCUT2D eigenvalue weighted by atomic mass is 32.2. The maximum atomic E-state index is 12.9. The summed E-state index contributed by atoms with van der Waals surface area (Å²) in [4.78, 5) is 12.6. The Morgan fingerprint density at radius 1 is 1.07 bits per heavy atom. The zero-order chi connectivity index (χ0) is 19.3. The normalized spacial score (nSPS) is 20.5. The number of carbonyl (C=O) groups excluding carboxylic acids is 1. The number of carbonyl (C=O) groups is 1. The highest BCUT2D eigenvalue weighted by Gasteiger charge is 2.30. The number of hydrogen-bond acceptors (Lipinski definition) is 3. The van der Waals surface area contributed by atoms with Crippen LogP contribution >= 0.6 is 0 Å². The third kappa shape index (κ3) is 5.32. The third-order valence-electron chi connectivity index (χ3n) is 6.03. The predicted molar refractivity (Wildman–Crippen MR) is 107 cm³/mol. The fourth-order valence-electron chi connectivity index (χ4n) is 4.31. The van der Waals surface area contributed by atoms with Gasteiger partial charge in [-0.3, -0.25) is 4.79 Å². The molecule has 5 nitrogen and oxygen atoms in total. The molecule has 0 spiro atoms. The molecule has 2 fully saturated rings. The van der Waals surface area contributed by atoms with Crippen LogP contribution in [-0.2, 0) is 14.8 Å². The number of sulfonamides is 1. The van der Waals surface area contributed by atoms with Crippen molar-refractivity contribution in [3.05, 3.63) is 29.8 Å². The molecular formula is C21H32N2O3S. The number of piperidine rings is 1. The molecule has 27 heavy (non-hydrogen) atoms. The van der Waals surface area contributed by atoms with Crippen LogP contribution in [-0.4, -0.2) is 37.8 Å². The number of rotatable bonds is 6. The highest BCUT2D eigenvalue weighted by molar-refractivity contribution is 7.89. The van der Waals surface area contributed by atoms with E-state index >= 15 is 0 Å². The van der Waals surface area contributed by atoms with Crippen LogP contribution in [0.25, 0.3) is 0 Å². The van der Waals surface area contributed by atoms with Gasteiger partial charge in [0.2, 0.25) is 15.9 Å². The Hall–Kier alpha value is -1.40. The summed E-state index contributed by atoms with van der Waals surface area (Å²) >= 11 is 0. The smallest absolute Gasteiger partial charge is 0.243 e. The topological polar surface area (TPSA) is 66.5 Å². The highest BCUT2D eigenvalue weighted by Crippen LogP contribution is 2.27. The molecule has 150 valence electrons. The number of nitrogens with one attached hydrogen (secondary N) is 1. The van der Waals surface area contributed by atoms with E-state index in [0.717, 1.165) is 37.7 Å². The Labute approximate surface area is 163 Å². The number of hydrogen-bond donors (Lipinski definition) is 1. The molecule has 1 aliphatic carbocycles. The average Bonchev–Trinajstić information content (AvgIpc) is 2.68. The van der Waals surface area contributed by atoms with E-state index in [0.29, 0.717) is 36.4 Å². The van der Waals surface area contributed by atoms with Gasteiger partial charge < -0.3 is 5.32 Å². The van der Waals surface area contributed by atoms with Gasteiger partial charge in [-0.15, -0.1) is 0 Å². The van der Waals surface area contributed by atoms with E-state index in [1.165, 1.54) is 19.3 Å². The molecule has 1 aromatic rings. The molecule has 2 aliphatic rings. The average molecular weight is 393 g/mol. The van der Waals surface area contributed by atoms with Crippen molar-refractivity contribution in [2.75, 3.05) is 13.1 Å². The van der Waals surface area contributed by atoms with Gasteiger partial charge >= 0.3 is 0 Å². The second kappa shape index (κ2) is 9.20. The van der Waals surface area contributed by atoms with Crippen LogP contribution in [0.1, 0.15) is 63.4 Å². The lowest BCUT2D eigenvalue weighted by Gasteiger charge is -2.31. The van der Waals surface area contributed by atoms with Gasteiger partial charge in [0, 0.05) is 25.6 Å². The van der Waals surface area contributed by atoms with E-state index in [-0.39, 0.29) is 5.91 Å². The lowest BCUT2D eigenvalue weighted by atomic mass is 9.92. The van der Waals surface area contributed by atoms with Crippen LogP contribution in [0.5, 0.6) is 0 Å². The Morgan fingerprint density at radius 3 is 2.41 bits per heavy atom. The summed E-state index contributed by atoms with van der Waals surface area (Å²) in [6.45, 7) is 2.93. The van der Waals surface area contributed by atoms with Crippen LogP contribution in [0, 0.1) is 12.8 Å². The van der Waals surface area contributed by atoms with Gasteiger partial charge in [0.15, 0.2) is 0 Å². The molecule has 1 N–H and O–H groups in total. The molecule has 1 aliphatic heterocycles. The van der Waals surface area contributed by atoms with Crippen molar-refractivity contribution in [1.29, 1.82) is 0 Å². The molecule has 0 aromatic heterocycles. The summed E-state index contributed by atoms with van der Waals surface area (Å²) < 4.78 is 27.3. The van der Waals surface area contributed by atoms with Crippen molar-refractivity contribution < 1.29 is 13.2 Å². The lowest BCUT2D eigenvalue weighted by Crippen LogP contribution is -2.39. The Balaban J connectivity index is 1.45. The first-order chi connectivity index (χ1) is 13.0. The number of amides is 1. The summed E-state index contributed by atoms with van der Waals surface area (Å²) in [5.74, 6) is 0.599. The molecule has 1 saturated carbocycles. The summed E-state index contributed by atoms with van der Waals surface area (Å²) in [5.41, 5.74) is 0.791. The van der Waals surface area contributed by atoms with E-state index in [4.69, 9.17) is 0 Å². The lowest BCUT2D eigenvalue weighted by molar-refractivity contribution is -0.122. The second-order valence-electron chi connectivity index (χ2n) is 8.05. The first-order valence-corrected chi connectivity index (χ1v) is 11.8. The van der Waals surface area contributed by atoms with E-state index in [1.54, 1.807) is 16.4 Å². The van der Waals surface area contributed by atoms with Crippen molar-refractivity contribution in [1.82, 2.24) is 9.62 Å². The van der Waals surface area contributed by atoms with E-state index in [2.05, 4.69) is 5.32 Å². The zero-order valence-electron chi connectivity index (χ0n) is 16.3. The molecule has 1 saturated heterocycles.